The fraction of sp³-hybridized carbons (Fsp3) is 0.286. The number of hydrogen-bond donors (Lipinski definition) is 0. The van der Waals surface area contributed by atoms with Crippen LogP contribution in [-0.4, -0.2) is 30.0 Å². The van der Waals surface area contributed by atoms with Gasteiger partial charge in [-0.15, -0.1) is 0 Å². The van der Waals surface area contributed by atoms with Crippen molar-refractivity contribution in [1.29, 1.82) is 0 Å². The van der Waals surface area contributed by atoms with Crippen LogP contribution in [0.15, 0.2) is 0 Å². The van der Waals surface area contributed by atoms with Crippen LogP contribution in [0.4, 0.5) is 0 Å². The first-order chi connectivity index (χ1) is 8.54. The van der Waals surface area contributed by atoms with Gasteiger partial charge in [0.2, 0.25) is 0 Å². The van der Waals surface area contributed by atoms with Gasteiger partial charge in [-0.3, -0.25) is 10.1 Å². The molecule has 2 aliphatic rings. The molecule has 0 aromatic heterocycles. The Kier molecular flexibility index (Phi) is 9.67. The predicted octanol–water partition coefficient (Wildman–Crippen LogP) is 1.97. The van der Waals surface area contributed by atoms with Crippen LogP contribution in [0.5, 0.6) is 0 Å². The molecule has 0 saturated heterocycles. The van der Waals surface area contributed by atoms with Gasteiger partial charge in [0, 0.05) is 11.0 Å². The maximum absolute atomic E-state index is 10.6. The molecular formula is C14H18FeN2O2+2. The molecule has 0 spiro atoms. The van der Waals surface area contributed by atoms with Gasteiger partial charge in [0.15, 0.2) is 0 Å². The third-order valence-electron chi connectivity index (χ3n) is 2.80. The Balaban J connectivity index is 0.000000454. The normalized spacial score (nSPS) is 21.7. The van der Waals surface area contributed by atoms with Gasteiger partial charge in [-0.05, 0) is 66.0 Å². The predicted molar refractivity (Wildman–Crippen MR) is 71.0 cm³/mol. The SMILES string of the molecule is CC([C]1[CH][CH][CH][C]1[N+](=O)[O-])N(C)C.[CH]1[CH][CH][CH][CH]1.[Fe+2]. The summed E-state index contributed by atoms with van der Waals surface area (Å²) in [6.07, 6.45) is 15.0. The van der Waals surface area contributed by atoms with Crippen molar-refractivity contribution in [1.82, 2.24) is 4.90 Å². The summed E-state index contributed by atoms with van der Waals surface area (Å²) in [6, 6.07) is 0.289. The Hall–Kier alpha value is -0.121. The summed E-state index contributed by atoms with van der Waals surface area (Å²) in [5.74, 6) is 0.773. The Morgan fingerprint density at radius 1 is 1.05 bits per heavy atom. The van der Waals surface area contributed by atoms with Crippen molar-refractivity contribution >= 4 is 0 Å². The summed E-state index contributed by atoms with van der Waals surface area (Å²) in [5.41, 5.74) is 0. The Morgan fingerprint density at radius 2 is 1.53 bits per heavy atom. The van der Waals surface area contributed by atoms with Crippen molar-refractivity contribution in [2.24, 2.45) is 0 Å². The molecule has 0 heterocycles. The molecule has 4 nitrogen and oxygen atoms in total. The molecule has 0 aromatic carbocycles. The third kappa shape index (κ3) is 6.24. The van der Waals surface area contributed by atoms with Gasteiger partial charge in [-0.1, -0.05) is 0 Å². The molecule has 1 atom stereocenters. The van der Waals surface area contributed by atoms with Crippen LogP contribution in [0, 0.1) is 73.4 Å². The molecule has 2 fully saturated rings. The zero-order valence-electron chi connectivity index (χ0n) is 11.3. The maximum atomic E-state index is 10.6. The summed E-state index contributed by atoms with van der Waals surface area (Å²) in [4.78, 5) is 12.2. The smallest absolute Gasteiger partial charge is 0.306 e. The van der Waals surface area contributed by atoms with Crippen molar-refractivity contribution in [2.75, 3.05) is 14.1 Å². The zero-order chi connectivity index (χ0) is 13.5. The minimum atomic E-state index is -0.338. The van der Waals surface area contributed by atoms with E-state index in [1.54, 1.807) is 12.8 Å². The number of rotatable bonds is 3. The molecule has 0 aliphatic heterocycles. The molecule has 2 saturated carbocycles. The molecular weight excluding hydrogens is 284 g/mol. The van der Waals surface area contributed by atoms with E-state index in [-0.39, 0.29) is 34.1 Å². The minimum absolute atomic E-state index is 0. The molecule has 0 N–H and O–H groups in total. The average molecular weight is 302 g/mol. The van der Waals surface area contributed by atoms with Crippen LogP contribution in [-0.2, 0) is 17.1 Å². The number of hydrogen-bond acceptors (Lipinski definition) is 3. The van der Waals surface area contributed by atoms with E-state index < -0.39 is 0 Å². The van der Waals surface area contributed by atoms with Gasteiger partial charge in [0.25, 0.3) is 0 Å². The van der Waals surface area contributed by atoms with E-state index in [0.717, 1.165) is 5.92 Å². The Labute approximate surface area is 127 Å². The Morgan fingerprint density at radius 3 is 1.89 bits per heavy atom. The van der Waals surface area contributed by atoms with Gasteiger partial charge in [-0.2, -0.15) is 0 Å². The number of nitrogens with zero attached hydrogens (tertiary/aromatic N) is 2. The summed E-state index contributed by atoms with van der Waals surface area (Å²) in [7, 11) is 3.81. The zero-order valence-corrected chi connectivity index (χ0v) is 12.4. The van der Waals surface area contributed by atoms with E-state index >= 15 is 0 Å². The molecule has 10 radical (unpaired) electrons. The van der Waals surface area contributed by atoms with Crippen molar-refractivity contribution in [3.05, 3.63) is 73.4 Å². The van der Waals surface area contributed by atoms with Gasteiger partial charge in [0.1, 0.15) is 0 Å². The first kappa shape index (κ1) is 18.9. The van der Waals surface area contributed by atoms with E-state index in [9.17, 15) is 10.1 Å². The summed E-state index contributed by atoms with van der Waals surface area (Å²) in [6.45, 7) is 1.95. The summed E-state index contributed by atoms with van der Waals surface area (Å²) < 4.78 is 0. The van der Waals surface area contributed by atoms with Crippen molar-refractivity contribution in [2.45, 2.75) is 13.0 Å². The quantitative estimate of drug-likeness (QED) is 0.455. The van der Waals surface area contributed by atoms with E-state index in [2.05, 4.69) is 0 Å². The van der Waals surface area contributed by atoms with Crippen molar-refractivity contribution < 1.29 is 22.0 Å². The summed E-state index contributed by atoms with van der Waals surface area (Å²) in [5, 5.41) is 10.6. The van der Waals surface area contributed by atoms with Crippen molar-refractivity contribution in [3.63, 3.8) is 0 Å². The first-order valence-electron chi connectivity index (χ1n) is 5.77. The third-order valence-corrected chi connectivity index (χ3v) is 2.80. The van der Waals surface area contributed by atoms with Gasteiger partial charge in [0.05, 0.1) is 12.3 Å². The van der Waals surface area contributed by atoms with E-state index in [1.807, 2.05) is 58.0 Å². The molecule has 2 aliphatic carbocycles. The van der Waals surface area contributed by atoms with Crippen LogP contribution >= 0.6 is 0 Å². The Bertz CT molecular complexity index is 250. The second-order valence-electron chi connectivity index (χ2n) is 4.23. The van der Waals surface area contributed by atoms with E-state index in [0.29, 0.717) is 0 Å². The first-order valence-corrected chi connectivity index (χ1v) is 5.77. The molecule has 0 bridgehead atoms. The standard InChI is InChI=1S/C9H13N2O2.C5H5.Fe/c1-7(10(2)3)8-5-4-6-9(8)11(12)13;1-2-4-5-3-1;/h4-7H,1-3H3;1-5H;/q;;+2. The molecule has 0 aromatic rings. The second kappa shape index (κ2) is 9.73. The average Bonchev–Trinajstić information content (AvgIpc) is 3.01. The van der Waals surface area contributed by atoms with Crippen LogP contribution < -0.4 is 0 Å². The molecule has 2 rings (SSSR count). The van der Waals surface area contributed by atoms with Gasteiger partial charge in [-0.25, -0.2) is 0 Å². The van der Waals surface area contributed by atoms with Gasteiger partial charge >= 0.3 is 23.1 Å². The van der Waals surface area contributed by atoms with Crippen LogP contribution in [0.1, 0.15) is 6.92 Å². The minimum Gasteiger partial charge on any atom is -0.306 e. The maximum Gasteiger partial charge on any atom is 2.00 e. The second-order valence-corrected chi connectivity index (χ2v) is 4.23. The fourth-order valence-corrected chi connectivity index (χ4v) is 1.54. The van der Waals surface area contributed by atoms with E-state index in [1.165, 1.54) is 6.42 Å². The van der Waals surface area contributed by atoms with Crippen LogP contribution in [0.25, 0.3) is 0 Å². The monoisotopic (exact) mass is 302 g/mol. The number of nitro groups is 1. The summed E-state index contributed by atoms with van der Waals surface area (Å²) >= 11 is 0. The molecule has 0 amide bonds. The molecule has 19 heavy (non-hydrogen) atoms. The van der Waals surface area contributed by atoms with Crippen molar-refractivity contribution in [3.8, 4) is 0 Å². The van der Waals surface area contributed by atoms with Gasteiger partial charge < -0.3 is 4.90 Å². The van der Waals surface area contributed by atoms with Crippen LogP contribution in [0.3, 0.4) is 0 Å². The largest absolute Gasteiger partial charge is 2.00 e. The molecule has 102 valence electrons. The molecule has 5 heteroatoms. The molecule has 1 unspecified atom stereocenters. The van der Waals surface area contributed by atoms with Crippen LogP contribution in [0.2, 0.25) is 0 Å². The van der Waals surface area contributed by atoms with E-state index in [4.69, 9.17) is 0 Å². The fourth-order valence-electron chi connectivity index (χ4n) is 1.54. The topological polar surface area (TPSA) is 46.4 Å².